The van der Waals surface area contributed by atoms with Crippen molar-refractivity contribution in [2.24, 2.45) is 7.05 Å². The highest BCUT2D eigenvalue weighted by atomic mass is 15.0. The van der Waals surface area contributed by atoms with Gasteiger partial charge in [-0.05, 0) is 42.7 Å². The molecule has 0 fully saturated rings. The molecule has 0 aliphatic rings. The fourth-order valence-electron chi connectivity index (χ4n) is 5.45. The van der Waals surface area contributed by atoms with Crippen LogP contribution in [0.1, 0.15) is 16.7 Å². The number of rotatable bonds is 2. The van der Waals surface area contributed by atoms with Gasteiger partial charge in [0.1, 0.15) is 0 Å². The molecule has 2 aromatic heterocycles. The van der Waals surface area contributed by atoms with Crippen LogP contribution in [0.2, 0.25) is 0 Å². The topological polar surface area (TPSA) is 9.86 Å². The van der Waals surface area contributed by atoms with Crippen LogP contribution >= 0.6 is 0 Å². The molecule has 0 unspecified atom stereocenters. The standard InChI is InChI=1S/C28H24N2/c1-18-26-22-14-8-10-16-24(22)30(17-20-11-5-4-6-12-20)28(26)19(2)25-21-13-7-9-15-23(21)29(3)27(18)25/h4-16H,17H2,1-3H3. The molecule has 0 atom stereocenters. The third kappa shape index (κ3) is 2.19. The Morgan fingerprint density at radius 3 is 1.87 bits per heavy atom. The second-order valence-corrected chi connectivity index (χ2v) is 8.36. The first-order valence-corrected chi connectivity index (χ1v) is 10.6. The average Bonchev–Trinajstić information content (AvgIpc) is 3.27. The summed E-state index contributed by atoms with van der Waals surface area (Å²) in [7, 11) is 2.20. The van der Waals surface area contributed by atoms with E-state index in [1.54, 1.807) is 0 Å². The van der Waals surface area contributed by atoms with E-state index in [4.69, 9.17) is 0 Å². The SMILES string of the molecule is Cc1c2c3ccccc3n(Cc3ccccc3)c2c(C)c2c3ccccc3n(C)c12. The Labute approximate surface area is 176 Å². The van der Waals surface area contributed by atoms with Gasteiger partial charge < -0.3 is 9.13 Å². The van der Waals surface area contributed by atoms with Crippen LogP contribution in [-0.2, 0) is 13.6 Å². The lowest BCUT2D eigenvalue weighted by molar-refractivity contribution is 0.866. The first kappa shape index (κ1) is 17.3. The predicted octanol–water partition coefficient (Wildman–Crippen LogP) is 7.10. The fourth-order valence-corrected chi connectivity index (χ4v) is 5.45. The minimum absolute atomic E-state index is 0.876. The Bertz CT molecular complexity index is 1580. The van der Waals surface area contributed by atoms with Crippen molar-refractivity contribution in [1.82, 2.24) is 9.13 Å². The number of aryl methyl sites for hydroxylation is 3. The number of fused-ring (bicyclic) bond motifs is 6. The van der Waals surface area contributed by atoms with Crippen LogP contribution in [0, 0.1) is 13.8 Å². The van der Waals surface area contributed by atoms with Crippen LogP contribution in [0.4, 0.5) is 0 Å². The molecule has 146 valence electrons. The second kappa shape index (κ2) is 6.24. The molecule has 2 nitrogen and oxygen atoms in total. The molecule has 2 heterocycles. The van der Waals surface area contributed by atoms with Crippen molar-refractivity contribution in [3.8, 4) is 0 Å². The molecule has 0 saturated heterocycles. The number of hydrogen-bond donors (Lipinski definition) is 0. The average molecular weight is 389 g/mol. The third-order valence-electron chi connectivity index (χ3n) is 6.72. The van der Waals surface area contributed by atoms with E-state index >= 15 is 0 Å². The van der Waals surface area contributed by atoms with E-state index in [1.807, 2.05) is 0 Å². The second-order valence-electron chi connectivity index (χ2n) is 8.36. The lowest BCUT2D eigenvalue weighted by atomic mass is 9.98. The van der Waals surface area contributed by atoms with Gasteiger partial charge in [0.15, 0.2) is 0 Å². The van der Waals surface area contributed by atoms with Gasteiger partial charge >= 0.3 is 0 Å². The normalized spacial score (nSPS) is 12.0. The van der Waals surface area contributed by atoms with Gasteiger partial charge in [0.05, 0.1) is 11.0 Å². The summed E-state index contributed by atoms with van der Waals surface area (Å²) in [5.74, 6) is 0. The van der Waals surface area contributed by atoms with Crippen LogP contribution in [0.15, 0.2) is 78.9 Å². The molecule has 0 amide bonds. The van der Waals surface area contributed by atoms with Crippen molar-refractivity contribution >= 4 is 43.6 Å². The lowest BCUT2D eigenvalue weighted by Crippen LogP contribution is -2.01. The van der Waals surface area contributed by atoms with Crippen LogP contribution in [0.25, 0.3) is 43.6 Å². The van der Waals surface area contributed by atoms with Crippen LogP contribution in [0.5, 0.6) is 0 Å². The minimum Gasteiger partial charge on any atom is -0.343 e. The summed E-state index contributed by atoms with van der Waals surface area (Å²) in [4.78, 5) is 0. The zero-order valence-corrected chi connectivity index (χ0v) is 17.6. The Morgan fingerprint density at radius 1 is 0.600 bits per heavy atom. The maximum Gasteiger partial charge on any atom is 0.0534 e. The zero-order chi connectivity index (χ0) is 20.4. The number of benzene rings is 4. The molecule has 0 bridgehead atoms. The molecule has 0 aliphatic heterocycles. The van der Waals surface area contributed by atoms with Gasteiger partial charge in [0.2, 0.25) is 0 Å². The fraction of sp³-hybridized carbons (Fsp3) is 0.143. The third-order valence-corrected chi connectivity index (χ3v) is 6.72. The smallest absolute Gasteiger partial charge is 0.0534 e. The summed E-state index contributed by atoms with van der Waals surface area (Å²) in [5, 5.41) is 5.46. The summed E-state index contributed by atoms with van der Waals surface area (Å²) in [6.45, 7) is 5.47. The number of para-hydroxylation sites is 2. The molecular weight excluding hydrogens is 364 g/mol. The Hall–Kier alpha value is -3.52. The molecule has 30 heavy (non-hydrogen) atoms. The van der Waals surface area contributed by atoms with E-state index in [-0.39, 0.29) is 0 Å². The van der Waals surface area contributed by atoms with E-state index in [9.17, 15) is 0 Å². The number of nitrogens with zero attached hydrogens (tertiary/aromatic N) is 2. The highest BCUT2D eigenvalue weighted by molar-refractivity contribution is 6.22. The van der Waals surface area contributed by atoms with E-state index in [0.29, 0.717) is 0 Å². The summed E-state index contributed by atoms with van der Waals surface area (Å²) in [5.41, 5.74) is 9.38. The maximum absolute atomic E-state index is 2.52. The zero-order valence-electron chi connectivity index (χ0n) is 17.6. The molecule has 6 aromatic rings. The Morgan fingerprint density at radius 2 is 1.13 bits per heavy atom. The molecular formula is C28H24N2. The first-order valence-electron chi connectivity index (χ1n) is 10.6. The van der Waals surface area contributed by atoms with Gasteiger partial charge in [-0.15, -0.1) is 0 Å². The maximum atomic E-state index is 2.52. The van der Waals surface area contributed by atoms with Crippen LogP contribution in [-0.4, -0.2) is 9.13 Å². The van der Waals surface area contributed by atoms with Gasteiger partial charge in [-0.2, -0.15) is 0 Å². The Kier molecular flexibility index (Phi) is 3.61. The highest BCUT2D eigenvalue weighted by Gasteiger charge is 2.21. The van der Waals surface area contributed by atoms with E-state index in [0.717, 1.165) is 6.54 Å². The largest absolute Gasteiger partial charge is 0.343 e. The van der Waals surface area contributed by atoms with Gasteiger partial charge in [-0.3, -0.25) is 0 Å². The van der Waals surface area contributed by atoms with Crippen molar-refractivity contribution in [1.29, 1.82) is 0 Å². The summed E-state index contributed by atoms with van der Waals surface area (Å²) < 4.78 is 4.89. The molecule has 0 spiro atoms. The molecule has 4 aromatic carbocycles. The molecule has 0 saturated carbocycles. The molecule has 6 rings (SSSR count). The first-order chi connectivity index (χ1) is 14.7. The van der Waals surface area contributed by atoms with E-state index in [2.05, 4.69) is 109 Å². The van der Waals surface area contributed by atoms with Gasteiger partial charge in [0.25, 0.3) is 0 Å². The van der Waals surface area contributed by atoms with Crippen molar-refractivity contribution in [3.63, 3.8) is 0 Å². The summed E-state index contributed by atoms with van der Waals surface area (Å²) in [6.07, 6.45) is 0. The quantitative estimate of drug-likeness (QED) is 0.299. The summed E-state index contributed by atoms with van der Waals surface area (Å²) >= 11 is 0. The lowest BCUT2D eigenvalue weighted by Gasteiger charge is -2.12. The minimum atomic E-state index is 0.876. The molecule has 2 heteroatoms. The van der Waals surface area contributed by atoms with Gasteiger partial charge in [-0.1, -0.05) is 66.7 Å². The van der Waals surface area contributed by atoms with Crippen LogP contribution < -0.4 is 0 Å². The van der Waals surface area contributed by atoms with Crippen molar-refractivity contribution in [3.05, 3.63) is 95.6 Å². The summed E-state index contributed by atoms with van der Waals surface area (Å²) in [6, 6.07) is 28.4. The van der Waals surface area contributed by atoms with Crippen molar-refractivity contribution in [2.75, 3.05) is 0 Å². The molecule has 0 aliphatic carbocycles. The Balaban J connectivity index is 1.85. The van der Waals surface area contributed by atoms with Crippen molar-refractivity contribution < 1.29 is 0 Å². The number of aromatic nitrogens is 2. The van der Waals surface area contributed by atoms with E-state index in [1.165, 1.54) is 60.3 Å². The van der Waals surface area contributed by atoms with E-state index < -0.39 is 0 Å². The van der Waals surface area contributed by atoms with Crippen LogP contribution in [0.3, 0.4) is 0 Å². The highest BCUT2D eigenvalue weighted by Crippen LogP contribution is 2.42. The van der Waals surface area contributed by atoms with Crippen molar-refractivity contribution in [2.45, 2.75) is 20.4 Å². The van der Waals surface area contributed by atoms with Gasteiger partial charge in [0, 0.05) is 46.2 Å². The predicted molar refractivity (Wildman–Crippen MR) is 128 cm³/mol. The van der Waals surface area contributed by atoms with Gasteiger partial charge in [-0.25, -0.2) is 0 Å². The molecule has 0 N–H and O–H groups in total. The number of hydrogen-bond acceptors (Lipinski definition) is 0. The monoisotopic (exact) mass is 388 g/mol. The molecule has 0 radical (unpaired) electrons.